The molecule has 0 radical (unpaired) electrons. The van der Waals surface area contributed by atoms with Crippen LogP contribution < -0.4 is 4.74 Å². The van der Waals surface area contributed by atoms with Crippen LogP contribution in [0.4, 0.5) is 0 Å². The molecule has 4 heteroatoms. The molecule has 1 aromatic rings. The van der Waals surface area contributed by atoms with Gasteiger partial charge in [0.25, 0.3) is 5.91 Å². The summed E-state index contributed by atoms with van der Waals surface area (Å²) in [5.74, 6) is 1.72. The third-order valence-electron chi connectivity index (χ3n) is 3.13. The SMILES string of the molecule is COc1ccccc1C(=O)N1CCC(CCl)C1. The van der Waals surface area contributed by atoms with Crippen LogP contribution in [0.5, 0.6) is 5.75 Å². The van der Waals surface area contributed by atoms with E-state index in [1.165, 1.54) is 0 Å². The van der Waals surface area contributed by atoms with E-state index in [-0.39, 0.29) is 5.91 Å². The summed E-state index contributed by atoms with van der Waals surface area (Å²) < 4.78 is 5.21. The highest BCUT2D eigenvalue weighted by Gasteiger charge is 2.27. The Hall–Kier alpha value is -1.22. The molecule has 0 spiro atoms. The molecule has 0 N–H and O–H groups in total. The zero-order chi connectivity index (χ0) is 12.3. The minimum atomic E-state index is 0.0371. The predicted octanol–water partition coefficient (Wildman–Crippen LogP) is 2.40. The Balaban J connectivity index is 2.15. The van der Waals surface area contributed by atoms with Crippen LogP contribution in [0.25, 0.3) is 0 Å². The van der Waals surface area contributed by atoms with Crippen LogP contribution in [0.1, 0.15) is 16.8 Å². The number of ether oxygens (including phenoxy) is 1. The van der Waals surface area contributed by atoms with Crippen molar-refractivity contribution < 1.29 is 9.53 Å². The van der Waals surface area contributed by atoms with Gasteiger partial charge in [-0.2, -0.15) is 0 Å². The minimum Gasteiger partial charge on any atom is -0.496 e. The van der Waals surface area contributed by atoms with Crippen molar-refractivity contribution in [1.82, 2.24) is 4.90 Å². The number of halogens is 1. The summed E-state index contributed by atoms with van der Waals surface area (Å²) in [5, 5.41) is 0. The number of para-hydroxylation sites is 1. The largest absolute Gasteiger partial charge is 0.496 e. The molecule has 0 aromatic heterocycles. The average molecular weight is 254 g/mol. The lowest BCUT2D eigenvalue weighted by molar-refractivity contribution is 0.0785. The molecule has 1 aliphatic heterocycles. The van der Waals surface area contributed by atoms with Crippen molar-refractivity contribution in [2.24, 2.45) is 5.92 Å². The molecule has 1 saturated heterocycles. The van der Waals surface area contributed by atoms with E-state index in [4.69, 9.17) is 16.3 Å². The molecular weight excluding hydrogens is 238 g/mol. The maximum atomic E-state index is 12.3. The van der Waals surface area contributed by atoms with Crippen molar-refractivity contribution in [3.8, 4) is 5.75 Å². The van der Waals surface area contributed by atoms with E-state index in [0.29, 0.717) is 23.1 Å². The predicted molar refractivity (Wildman–Crippen MR) is 67.7 cm³/mol. The van der Waals surface area contributed by atoms with Crippen LogP contribution in [0, 0.1) is 5.92 Å². The van der Waals surface area contributed by atoms with Gasteiger partial charge in [-0.15, -0.1) is 11.6 Å². The van der Waals surface area contributed by atoms with Crippen molar-refractivity contribution in [3.05, 3.63) is 29.8 Å². The zero-order valence-electron chi connectivity index (χ0n) is 9.86. The molecule has 2 rings (SSSR count). The molecule has 17 heavy (non-hydrogen) atoms. The van der Waals surface area contributed by atoms with E-state index < -0.39 is 0 Å². The van der Waals surface area contributed by atoms with Crippen LogP contribution in [0.3, 0.4) is 0 Å². The molecule has 3 nitrogen and oxygen atoms in total. The van der Waals surface area contributed by atoms with Crippen LogP contribution >= 0.6 is 11.6 Å². The van der Waals surface area contributed by atoms with E-state index in [1.54, 1.807) is 13.2 Å². The maximum Gasteiger partial charge on any atom is 0.257 e. The normalized spacial score (nSPS) is 19.4. The minimum absolute atomic E-state index is 0.0371. The fourth-order valence-corrected chi connectivity index (χ4v) is 2.39. The van der Waals surface area contributed by atoms with Crippen molar-refractivity contribution in [3.63, 3.8) is 0 Å². The number of hydrogen-bond donors (Lipinski definition) is 0. The Morgan fingerprint density at radius 2 is 2.29 bits per heavy atom. The molecule has 1 fully saturated rings. The molecule has 1 amide bonds. The second-order valence-corrected chi connectivity index (χ2v) is 4.57. The molecule has 1 heterocycles. The number of alkyl halides is 1. The van der Waals surface area contributed by atoms with Gasteiger partial charge in [0.1, 0.15) is 5.75 Å². The van der Waals surface area contributed by atoms with Gasteiger partial charge in [0.05, 0.1) is 12.7 Å². The van der Waals surface area contributed by atoms with Crippen LogP contribution in [0.2, 0.25) is 0 Å². The Labute approximate surface area is 106 Å². The van der Waals surface area contributed by atoms with E-state index in [2.05, 4.69) is 0 Å². The molecule has 0 aliphatic carbocycles. The van der Waals surface area contributed by atoms with Gasteiger partial charge in [-0.25, -0.2) is 0 Å². The number of nitrogens with zero attached hydrogens (tertiary/aromatic N) is 1. The third-order valence-corrected chi connectivity index (χ3v) is 3.57. The topological polar surface area (TPSA) is 29.5 Å². The number of likely N-dealkylation sites (tertiary alicyclic amines) is 1. The molecule has 0 saturated carbocycles. The van der Waals surface area contributed by atoms with E-state index in [1.807, 2.05) is 23.1 Å². The molecule has 1 atom stereocenters. The first-order valence-electron chi connectivity index (χ1n) is 5.74. The summed E-state index contributed by atoms with van der Waals surface area (Å²) in [7, 11) is 1.58. The quantitative estimate of drug-likeness (QED) is 0.775. The molecule has 1 aliphatic rings. The highest BCUT2D eigenvalue weighted by Crippen LogP contribution is 2.24. The number of amides is 1. The summed E-state index contributed by atoms with van der Waals surface area (Å²) in [4.78, 5) is 14.1. The number of benzene rings is 1. The standard InChI is InChI=1S/C13H16ClNO2/c1-17-12-5-3-2-4-11(12)13(16)15-7-6-10(8-14)9-15/h2-5,10H,6-9H2,1H3. The highest BCUT2D eigenvalue weighted by atomic mass is 35.5. The molecule has 0 bridgehead atoms. The lowest BCUT2D eigenvalue weighted by Crippen LogP contribution is -2.29. The van der Waals surface area contributed by atoms with Gasteiger partial charge >= 0.3 is 0 Å². The monoisotopic (exact) mass is 253 g/mol. The summed E-state index contributed by atoms with van der Waals surface area (Å²) in [5.41, 5.74) is 0.630. The molecule has 1 aromatic carbocycles. The van der Waals surface area contributed by atoms with Gasteiger partial charge in [-0.1, -0.05) is 12.1 Å². The van der Waals surface area contributed by atoms with Crippen LogP contribution in [-0.2, 0) is 0 Å². The van der Waals surface area contributed by atoms with Gasteiger partial charge in [0.15, 0.2) is 0 Å². The summed E-state index contributed by atoms with van der Waals surface area (Å²) in [6, 6.07) is 7.32. The van der Waals surface area contributed by atoms with Gasteiger partial charge in [-0.3, -0.25) is 4.79 Å². The lowest BCUT2D eigenvalue weighted by Gasteiger charge is -2.17. The van der Waals surface area contributed by atoms with Crippen molar-refractivity contribution in [1.29, 1.82) is 0 Å². The number of methoxy groups -OCH3 is 1. The Morgan fingerprint density at radius 1 is 1.53 bits per heavy atom. The third kappa shape index (κ3) is 2.55. The summed E-state index contributed by atoms with van der Waals surface area (Å²) >= 11 is 5.82. The van der Waals surface area contributed by atoms with Gasteiger partial charge < -0.3 is 9.64 Å². The smallest absolute Gasteiger partial charge is 0.257 e. The Bertz CT molecular complexity index is 408. The number of carbonyl (C=O) groups excluding carboxylic acids is 1. The number of carbonyl (C=O) groups is 1. The number of rotatable bonds is 3. The molecule has 92 valence electrons. The van der Waals surface area contributed by atoms with Crippen LogP contribution in [-0.4, -0.2) is 36.9 Å². The first-order valence-corrected chi connectivity index (χ1v) is 6.28. The Morgan fingerprint density at radius 3 is 2.94 bits per heavy atom. The van der Waals surface area contributed by atoms with Gasteiger partial charge in [-0.05, 0) is 24.5 Å². The zero-order valence-corrected chi connectivity index (χ0v) is 10.6. The average Bonchev–Trinajstić information content (AvgIpc) is 2.86. The number of hydrogen-bond acceptors (Lipinski definition) is 2. The molecule has 1 unspecified atom stereocenters. The first-order chi connectivity index (χ1) is 8.26. The second-order valence-electron chi connectivity index (χ2n) is 4.26. The van der Waals surface area contributed by atoms with Gasteiger partial charge in [0, 0.05) is 19.0 Å². The summed E-state index contributed by atoms with van der Waals surface area (Å²) in [6.45, 7) is 1.54. The second kappa shape index (κ2) is 5.41. The fourth-order valence-electron chi connectivity index (χ4n) is 2.13. The van der Waals surface area contributed by atoms with Crippen molar-refractivity contribution in [2.75, 3.05) is 26.1 Å². The van der Waals surface area contributed by atoms with E-state index in [0.717, 1.165) is 19.5 Å². The van der Waals surface area contributed by atoms with Crippen molar-refractivity contribution in [2.45, 2.75) is 6.42 Å². The van der Waals surface area contributed by atoms with E-state index in [9.17, 15) is 4.79 Å². The summed E-state index contributed by atoms with van der Waals surface area (Å²) in [6.07, 6.45) is 0.990. The lowest BCUT2D eigenvalue weighted by atomic mass is 10.1. The van der Waals surface area contributed by atoms with E-state index >= 15 is 0 Å². The highest BCUT2D eigenvalue weighted by molar-refractivity contribution is 6.18. The van der Waals surface area contributed by atoms with Gasteiger partial charge in [0.2, 0.25) is 0 Å². The molecular formula is C13H16ClNO2. The maximum absolute atomic E-state index is 12.3. The fraction of sp³-hybridized carbons (Fsp3) is 0.462. The Kier molecular flexibility index (Phi) is 3.89. The van der Waals surface area contributed by atoms with Crippen LogP contribution in [0.15, 0.2) is 24.3 Å². The van der Waals surface area contributed by atoms with Crippen molar-refractivity contribution >= 4 is 17.5 Å². The first kappa shape index (κ1) is 12.2.